The fraction of sp³-hybridized carbons (Fsp3) is 0.409. The van der Waals surface area contributed by atoms with Crippen LogP contribution in [-0.2, 0) is 11.3 Å². The first-order valence-electron chi connectivity index (χ1n) is 10.3. The Balaban J connectivity index is 1.33. The van der Waals surface area contributed by atoms with Crippen LogP contribution in [0.15, 0.2) is 42.1 Å². The molecule has 6 nitrogen and oxygen atoms in total. The molecule has 1 fully saturated rings. The van der Waals surface area contributed by atoms with Crippen LogP contribution in [-0.4, -0.2) is 64.9 Å². The van der Waals surface area contributed by atoms with Crippen molar-refractivity contribution in [1.29, 1.82) is 0 Å². The van der Waals surface area contributed by atoms with Crippen LogP contribution >= 0.6 is 0 Å². The molecule has 4 heterocycles. The molecule has 1 atom stereocenters. The Morgan fingerprint density at radius 1 is 1.17 bits per heavy atom. The molecule has 158 valence electrons. The van der Waals surface area contributed by atoms with E-state index in [1.165, 1.54) is 6.20 Å². The van der Waals surface area contributed by atoms with Crippen molar-refractivity contribution in [3.05, 3.63) is 53.5 Å². The average Bonchev–Trinajstić information content (AvgIpc) is 3.06. The second kappa shape index (κ2) is 7.12. The number of benzene rings is 1. The zero-order valence-electron chi connectivity index (χ0n) is 17.2. The Labute approximate surface area is 174 Å². The number of rotatable bonds is 3. The second-order valence-corrected chi connectivity index (χ2v) is 8.31. The lowest BCUT2D eigenvalue weighted by Crippen LogP contribution is -2.46. The van der Waals surface area contributed by atoms with Crippen molar-refractivity contribution in [2.24, 2.45) is 0 Å². The van der Waals surface area contributed by atoms with Crippen LogP contribution in [0.5, 0.6) is 0 Å². The lowest BCUT2D eigenvalue weighted by atomic mass is 10.1. The van der Waals surface area contributed by atoms with E-state index in [4.69, 9.17) is 0 Å². The van der Waals surface area contributed by atoms with Gasteiger partial charge in [0, 0.05) is 57.9 Å². The first-order valence-corrected chi connectivity index (χ1v) is 10.3. The highest BCUT2D eigenvalue weighted by atomic mass is 19.1. The normalized spacial score (nSPS) is 22.3. The van der Waals surface area contributed by atoms with Crippen molar-refractivity contribution < 1.29 is 13.6 Å². The molecule has 1 saturated heterocycles. The molecule has 2 aromatic rings. The van der Waals surface area contributed by atoms with Gasteiger partial charge >= 0.3 is 0 Å². The summed E-state index contributed by atoms with van der Waals surface area (Å²) in [5, 5.41) is 3.45. The summed E-state index contributed by atoms with van der Waals surface area (Å²) in [6, 6.07) is 3.39. The third-order valence-corrected chi connectivity index (χ3v) is 6.31. The lowest BCUT2D eigenvalue weighted by molar-refractivity contribution is -0.118. The standard InChI is InChI=1S/C22H25F2N5O/c1-14-22(30)25-18-11-15(10-16-17(23)13-29(14)20(16)18)12-27-6-8-28(9-7-27)19-4-3-5-26(2)21(19)24/h3-4,10-11,13-14H,5-9,12H2,1-2H3,(H,25,30). The number of carbonyl (C=O) groups excluding carboxylic acids is 1. The molecule has 8 heteroatoms. The smallest absolute Gasteiger partial charge is 0.247 e. The highest BCUT2D eigenvalue weighted by Gasteiger charge is 2.28. The maximum atomic E-state index is 14.6. The van der Waals surface area contributed by atoms with Gasteiger partial charge in [-0.2, -0.15) is 4.39 Å². The van der Waals surface area contributed by atoms with Crippen molar-refractivity contribution in [3.63, 3.8) is 0 Å². The minimum atomic E-state index is -0.425. The fourth-order valence-electron chi connectivity index (χ4n) is 4.57. The molecular formula is C22H25F2N5O. The number of amides is 1. The number of allylic oxidation sites excluding steroid dienone is 1. The van der Waals surface area contributed by atoms with Crippen LogP contribution < -0.4 is 5.32 Å². The summed E-state index contributed by atoms with van der Waals surface area (Å²) in [6.45, 7) is 6.05. The van der Waals surface area contributed by atoms with E-state index in [0.717, 1.165) is 37.3 Å². The number of carbonyl (C=O) groups is 1. The van der Waals surface area contributed by atoms with Gasteiger partial charge in [0.25, 0.3) is 0 Å². The third-order valence-electron chi connectivity index (χ3n) is 6.31. The average molecular weight is 413 g/mol. The molecule has 1 unspecified atom stereocenters. The molecule has 1 aromatic carbocycles. The van der Waals surface area contributed by atoms with Crippen molar-refractivity contribution in [2.75, 3.05) is 45.1 Å². The molecule has 5 rings (SSSR count). The summed E-state index contributed by atoms with van der Waals surface area (Å²) >= 11 is 0. The van der Waals surface area contributed by atoms with E-state index in [-0.39, 0.29) is 17.7 Å². The van der Waals surface area contributed by atoms with Gasteiger partial charge in [0.1, 0.15) is 11.9 Å². The second-order valence-electron chi connectivity index (χ2n) is 8.31. The Morgan fingerprint density at radius 3 is 2.70 bits per heavy atom. The van der Waals surface area contributed by atoms with Gasteiger partial charge in [-0.25, -0.2) is 4.39 Å². The third kappa shape index (κ3) is 3.06. The predicted octanol–water partition coefficient (Wildman–Crippen LogP) is 3.05. The van der Waals surface area contributed by atoms with Gasteiger partial charge in [0.15, 0.2) is 0 Å². The largest absolute Gasteiger partial charge is 0.365 e. The van der Waals surface area contributed by atoms with Gasteiger partial charge < -0.3 is 19.7 Å². The van der Waals surface area contributed by atoms with E-state index in [0.29, 0.717) is 29.9 Å². The van der Waals surface area contributed by atoms with Crippen LogP contribution in [0, 0.1) is 5.82 Å². The number of halogens is 2. The predicted molar refractivity (Wildman–Crippen MR) is 112 cm³/mol. The van der Waals surface area contributed by atoms with Crippen LogP contribution in [0.1, 0.15) is 18.5 Å². The summed E-state index contributed by atoms with van der Waals surface area (Å²) in [5.74, 6) is -0.622. The van der Waals surface area contributed by atoms with Crippen LogP contribution in [0.4, 0.5) is 14.5 Å². The molecule has 1 aromatic heterocycles. The lowest BCUT2D eigenvalue weighted by Gasteiger charge is -2.38. The van der Waals surface area contributed by atoms with Crippen LogP contribution in [0.3, 0.4) is 0 Å². The summed E-state index contributed by atoms with van der Waals surface area (Å²) in [4.78, 5) is 18.2. The Kier molecular flexibility index (Phi) is 4.54. The molecule has 0 saturated carbocycles. The SMILES string of the molecule is CC1C(=O)Nc2cc(CN3CCN(C4=C(F)N(C)CC=C4)CC3)cc3c(F)cn1c23. The molecule has 3 aliphatic heterocycles. The number of hydrogen-bond acceptors (Lipinski definition) is 4. The van der Waals surface area contributed by atoms with Gasteiger partial charge in [-0.3, -0.25) is 9.69 Å². The molecular weight excluding hydrogens is 388 g/mol. The molecule has 0 bridgehead atoms. The fourth-order valence-corrected chi connectivity index (χ4v) is 4.57. The van der Waals surface area contributed by atoms with E-state index in [9.17, 15) is 13.6 Å². The number of likely N-dealkylation sites (N-methyl/N-ethyl adjacent to an activating group) is 1. The van der Waals surface area contributed by atoms with Gasteiger partial charge in [0.05, 0.1) is 16.9 Å². The zero-order valence-corrected chi connectivity index (χ0v) is 17.2. The highest BCUT2D eigenvalue weighted by molar-refractivity contribution is 6.06. The maximum absolute atomic E-state index is 14.6. The summed E-state index contributed by atoms with van der Waals surface area (Å²) < 4.78 is 30.7. The summed E-state index contributed by atoms with van der Waals surface area (Å²) in [7, 11) is 1.75. The van der Waals surface area contributed by atoms with Crippen molar-refractivity contribution in [1.82, 2.24) is 19.3 Å². The Hall–Kier alpha value is -2.87. The first-order chi connectivity index (χ1) is 14.4. The highest BCUT2D eigenvalue weighted by Crippen LogP contribution is 2.35. The number of piperazine rings is 1. The maximum Gasteiger partial charge on any atom is 0.247 e. The molecule has 0 spiro atoms. The van der Waals surface area contributed by atoms with E-state index < -0.39 is 6.04 Å². The number of nitrogens with one attached hydrogen (secondary N) is 1. The van der Waals surface area contributed by atoms with Gasteiger partial charge in [-0.05, 0) is 30.7 Å². The molecule has 3 aliphatic rings. The molecule has 1 amide bonds. The van der Waals surface area contributed by atoms with Gasteiger partial charge in [-0.1, -0.05) is 6.08 Å². The zero-order chi connectivity index (χ0) is 21.0. The number of hydrogen-bond donors (Lipinski definition) is 1. The molecule has 30 heavy (non-hydrogen) atoms. The van der Waals surface area contributed by atoms with E-state index >= 15 is 0 Å². The number of nitrogens with zero attached hydrogens (tertiary/aromatic N) is 4. The van der Waals surface area contributed by atoms with E-state index in [2.05, 4.69) is 15.1 Å². The summed E-state index contributed by atoms with van der Waals surface area (Å²) in [6.07, 6.45) is 5.25. The Bertz CT molecular complexity index is 1080. The number of aromatic nitrogens is 1. The summed E-state index contributed by atoms with van der Waals surface area (Å²) in [5.41, 5.74) is 3.01. The minimum Gasteiger partial charge on any atom is -0.365 e. The first kappa shape index (κ1) is 19.1. The minimum absolute atomic E-state index is 0.133. The van der Waals surface area contributed by atoms with Crippen molar-refractivity contribution in [2.45, 2.75) is 19.5 Å². The van der Waals surface area contributed by atoms with Crippen molar-refractivity contribution >= 4 is 22.5 Å². The topological polar surface area (TPSA) is 43.8 Å². The van der Waals surface area contributed by atoms with E-state index in [1.54, 1.807) is 23.4 Å². The van der Waals surface area contributed by atoms with Crippen molar-refractivity contribution in [3.8, 4) is 0 Å². The molecule has 0 radical (unpaired) electrons. The van der Waals surface area contributed by atoms with Gasteiger partial charge in [0.2, 0.25) is 11.9 Å². The monoisotopic (exact) mass is 413 g/mol. The van der Waals surface area contributed by atoms with Crippen LogP contribution in [0.25, 0.3) is 10.9 Å². The Morgan fingerprint density at radius 2 is 1.93 bits per heavy atom. The number of anilines is 1. The quantitative estimate of drug-likeness (QED) is 0.786. The molecule has 0 aliphatic carbocycles. The van der Waals surface area contributed by atoms with Gasteiger partial charge in [-0.15, -0.1) is 0 Å². The van der Waals surface area contributed by atoms with E-state index in [1.807, 2.05) is 24.3 Å². The molecule has 1 N–H and O–H groups in total. The van der Waals surface area contributed by atoms with Crippen LogP contribution in [0.2, 0.25) is 0 Å².